The van der Waals surface area contributed by atoms with Gasteiger partial charge in [-0.15, -0.1) is 0 Å². The summed E-state index contributed by atoms with van der Waals surface area (Å²) in [7, 11) is 0. The van der Waals surface area contributed by atoms with E-state index in [1.165, 1.54) is 25.7 Å². The van der Waals surface area contributed by atoms with E-state index < -0.39 is 0 Å². The van der Waals surface area contributed by atoms with Gasteiger partial charge >= 0.3 is 0 Å². The minimum Gasteiger partial charge on any atom is -0.492 e. The Hall–Kier alpha value is -0.440. The highest BCUT2D eigenvalue weighted by atomic mass is 35.5. The lowest BCUT2D eigenvalue weighted by Gasteiger charge is -2.33. The fourth-order valence-corrected chi connectivity index (χ4v) is 4.19. The first-order valence-electron chi connectivity index (χ1n) is 8.00. The Morgan fingerprint density at radius 1 is 1.19 bits per heavy atom. The summed E-state index contributed by atoms with van der Waals surface area (Å²) in [5.41, 5.74) is 1.11. The Kier molecular flexibility index (Phi) is 4.98. The monoisotopic (exact) mass is 327 g/mol. The Bertz CT molecular complexity index is 506. The standard InChI is InChI=1S/C17H23Cl2NO/c1-11-4-2-3-5-12(11)10-20-16-6-7-21-17-14(16)8-13(18)9-15(17)19/h8-9,11-12,16,20H,2-7,10H2,1H3. The van der Waals surface area contributed by atoms with Crippen LogP contribution in [0.1, 0.15) is 50.6 Å². The molecule has 0 aromatic heterocycles. The van der Waals surface area contributed by atoms with Crippen molar-refractivity contribution in [2.45, 2.75) is 45.1 Å². The molecule has 1 N–H and O–H groups in total. The molecule has 116 valence electrons. The average Bonchev–Trinajstić information content (AvgIpc) is 2.46. The summed E-state index contributed by atoms with van der Waals surface area (Å²) in [5.74, 6) is 2.43. The molecule has 1 heterocycles. The van der Waals surface area contributed by atoms with Crippen LogP contribution >= 0.6 is 23.2 Å². The third kappa shape index (κ3) is 3.49. The van der Waals surface area contributed by atoms with Crippen LogP contribution in [-0.4, -0.2) is 13.2 Å². The van der Waals surface area contributed by atoms with Crippen molar-refractivity contribution in [2.24, 2.45) is 11.8 Å². The number of halogens is 2. The second-order valence-electron chi connectivity index (χ2n) is 6.43. The molecule has 1 fully saturated rings. The SMILES string of the molecule is CC1CCCCC1CNC1CCOc2c(Cl)cc(Cl)cc21. The van der Waals surface area contributed by atoms with E-state index in [0.717, 1.165) is 36.1 Å². The van der Waals surface area contributed by atoms with Gasteiger partial charge in [0.1, 0.15) is 5.75 Å². The lowest BCUT2D eigenvalue weighted by atomic mass is 9.80. The molecular weight excluding hydrogens is 305 g/mol. The van der Waals surface area contributed by atoms with E-state index in [1.807, 2.05) is 6.07 Å². The molecule has 0 radical (unpaired) electrons. The van der Waals surface area contributed by atoms with Crippen LogP contribution in [0.25, 0.3) is 0 Å². The summed E-state index contributed by atoms with van der Waals surface area (Å²) in [5, 5.41) is 5.04. The normalized spacial score (nSPS) is 28.8. The first-order chi connectivity index (χ1) is 10.1. The van der Waals surface area contributed by atoms with Gasteiger partial charge in [-0.3, -0.25) is 0 Å². The van der Waals surface area contributed by atoms with Crippen LogP contribution < -0.4 is 10.1 Å². The van der Waals surface area contributed by atoms with Crippen molar-refractivity contribution < 1.29 is 4.74 Å². The zero-order valence-electron chi connectivity index (χ0n) is 12.5. The van der Waals surface area contributed by atoms with Gasteiger partial charge < -0.3 is 10.1 Å². The van der Waals surface area contributed by atoms with Crippen molar-refractivity contribution in [1.82, 2.24) is 5.32 Å². The summed E-state index contributed by atoms with van der Waals surface area (Å²) >= 11 is 12.4. The third-order valence-corrected chi connectivity index (χ3v) is 5.48. The van der Waals surface area contributed by atoms with Crippen LogP contribution in [0.4, 0.5) is 0 Å². The second-order valence-corrected chi connectivity index (χ2v) is 7.27. The number of hydrogen-bond acceptors (Lipinski definition) is 2. The number of ether oxygens (including phenoxy) is 1. The summed E-state index contributed by atoms with van der Waals surface area (Å²) in [6.45, 7) is 4.18. The second kappa shape index (κ2) is 6.76. The van der Waals surface area contributed by atoms with Crippen molar-refractivity contribution in [3.8, 4) is 5.75 Å². The van der Waals surface area contributed by atoms with E-state index in [4.69, 9.17) is 27.9 Å². The molecule has 3 atom stereocenters. The van der Waals surface area contributed by atoms with Crippen LogP contribution in [0.5, 0.6) is 5.75 Å². The molecule has 0 amide bonds. The van der Waals surface area contributed by atoms with Gasteiger partial charge in [0.25, 0.3) is 0 Å². The molecule has 3 rings (SSSR count). The number of benzene rings is 1. The molecule has 2 aliphatic rings. The van der Waals surface area contributed by atoms with E-state index >= 15 is 0 Å². The van der Waals surface area contributed by atoms with Gasteiger partial charge in [0, 0.05) is 23.0 Å². The van der Waals surface area contributed by atoms with Gasteiger partial charge in [0.15, 0.2) is 0 Å². The minimum absolute atomic E-state index is 0.305. The van der Waals surface area contributed by atoms with Crippen LogP contribution in [0.3, 0.4) is 0 Å². The first kappa shape index (κ1) is 15.5. The maximum Gasteiger partial charge on any atom is 0.142 e. The third-order valence-electron chi connectivity index (χ3n) is 4.98. The van der Waals surface area contributed by atoms with Gasteiger partial charge in [-0.1, -0.05) is 49.4 Å². The highest BCUT2D eigenvalue weighted by molar-refractivity contribution is 6.35. The molecule has 21 heavy (non-hydrogen) atoms. The molecule has 1 saturated carbocycles. The maximum absolute atomic E-state index is 6.25. The van der Waals surface area contributed by atoms with Crippen LogP contribution in [0, 0.1) is 11.8 Å². The van der Waals surface area contributed by atoms with Gasteiger partial charge in [-0.2, -0.15) is 0 Å². The molecule has 3 unspecified atom stereocenters. The molecule has 1 aromatic rings. The average molecular weight is 328 g/mol. The van der Waals surface area contributed by atoms with Gasteiger partial charge in [0.2, 0.25) is 0 Å². The zero-order valence-corrected chi connectivity index (χ0v) is 14.0. The Morgan fingerprint density at radius 3 is 2.81 bits per heavy atom. The van der Waals surface area contributed by atoms with E-state index in [-0.39, 0.29) is 0 Å². The van der Waals surface area contributed by atoms with Gasteiger partial charge in [-0.05, 0) is 36.9 Å². The highest BCUT2D eigenvalue weighted by Crippen LogP contribution is 2.40. The van der Waals surface area contributed by atoms with Gasteiger partial charge in [0.05, 0.1) is 11.6 Å². The minimum atomic E-state index is 0.305. The molecule has 2 nitrogen and oxygen atoms in total. The summed E-state index contributed by atoms with van der Waals surface area (Å²) < 4.78 is 5.72. The molecule has 1 aromatic carbocycles. The molecule has 1 aliphatic heterocycles. The fourth-order valence-electron chi connectivity index (χ4n) is 3.63. The summed E-state index contributed by atoms with van der Waals surface area (Å²) in [6, 6.07) is 4.05. The maximum atomic E-state index is 6.25. The summed E-state index contributed by atoms with van der Waals surface area (Å²) in [4.78, 5) is 0. The molecule has 0 bridgehead atoms. The number of hydrogen-bond donors (Lipinski definition) is 1. The van der Waals surface area contributed by atoms with E-state index in [0.29, 0.717) is 22.7 Å². The number of rotatable bonds is 3. The van der Waals surface area contributed by atoms with Crippen molar-refractivity contribution in [3.05, 3.63) is 27.7 Å². The lowest BCUT2D eigenvalue weighted by Crippen LogP contribution is -2.34. The summed E-state index contributed by atoms with van der Waals surface area (Å²) in [6.07, 6.45) is 6.46. The number of nitrogens with one attached hydrogen (secondary N) is 1. The van der Waals surface area contributed by atoms with E-state index in [1.54, 1.807) is 6.07 Å². The van der Waals surface area contributed by atoms with Crippen molar-refractivity contribution in [3.63, 3.8) is 0 Å². The van der Waals surface area contributed by atoms with Crippen LogP contribution in [0.2, 0.25) is 10.0 Å². The quantitative estimate of drug-likeness (QED) is 0.820. The Balaban J connectivity index is 1.70. The molecule has 4 heteroatoms. The fraction of sp³-hybridized carbons (Fsp3) is 0.647. The Labute approximate surface area is 137 Å². The lowest BCUT2D eigenvalue weighted by molar-refractivity contribution is 0.216. The highest BCUT2D eigenvalue weighted by Gasteiger charge is 2.26. The largest absolute Gasteiger partial charge is 0.492 e. The van der Waals surface area contributed by atoms with E-state index in [9.17, 15) is 0 Å². The molecular formula is C17H23Cl2NO. The van der Waals surface area contributed by atoms with Crippen molar-refractivity contribution in [1.29, 1.82) is 0 Å². The van der Waals surface area contributed by atoms with Crippen LogP contribution in [0.15, 0.2) is 12.1 Å². The Morgan fingerprint density at radius 2 is 2.00 bits per heavy atom. The van der Waals surface area contributed by atoms with E-state index in [2.05, 4.69) is 12.2 Å². The van der Waals surface area contributed by atoms with Crippen molar-refractivity contribution in [2.75, 3.05) is 13.2 Å². The predicted molar refractivity (Wildman–Crippen MR) is 88.4 cm³/mol. The molecule has 0 saturated heterocycles. The van der Waals surface area contributed by atoms with Crippen molar-refractivity contribution >= 4 is 23.2 Å². The zero-order chi connectivity index (χ0) is 14.8. The topological polar surface area (TPSA) is 21.3 Å². The smallest absolute Gasteiger partial charge is 0.142 e. The molecule has 1 aliphatic carbocycles. The molecule has 0 spiro atoms. The van der Waals surface area contributed by atoms with Gasteiger partial charge in [-0.25, -0.2) is 0 Å². The van der Waals surface area contributed by atoms with Crippen LogP contribution in [-0.2, 0) is 0 Å². The number of fused-ring (bicyclic) bond motifs is 1. The first-order valence-corrected chi connectivity index (χ1v) is 8.76. The predicted octanol–water partition coefficient (Wildman–Crippen LogP) is 5.23.